The summed E-state index contributed by atoms with van der Waals surface area (Å²) in [5.74, 6) is 3.58. The minimum Gasteiger partial charge on any atom is -0.508 e. The highest BCUT2D eigenvalue weighted by atomic mass is 16.3. The molecule has 4 aliphatic carbocycles. The molecule has 8 nitrogen and oxygen atoms in total. The van der Waals surface area contributed by atoms with Crippen LogP contribution in [0.5, 0.6) is 5.75 Å². The Morgan fingerprint density at radius 2 is 1.58 bits per heavy atom. The van der Waals surface area contributed by atoms with Crippen LogP contribution < -0.4 is 10.2 Å². The molecule has 0 spiro atoms. The van der Waals surface area contributed by atoms with Crippen LogP contribution in [0.1, 0.15) is 61.0 Å². The number of anilines is 1. The van der Waals surface area contributed by atoms with Gasteiger partial charge < -0.3 is 20.2 Å². The van der Waals surface area contributed by atoms with Crippen molar-refractivity contribution in [2.24, 2.45) is 23.2 Å². The highest BCUT2D eigenvalue weighted by Gasteiger charge is 2.50. The number of amides is 2. The quantitative estimate of drug-likeness (QED) is 0.386. The van der Waals surface area contributed by atoms with Crippen LogP contribution in [0.4, 0.5) is 5.82 Å². The minimum atomic E-state index is -0.129. The molecule has 1 aromatic heterocycles. The Balaban J connectivity index is 0.890. The van der Waals surface area contributed by atoms with E-state index in [1.54, 1.807) is 18.2 Å². The first-order valence-corrected chi connectivity index (χ1v) is 15.9. The van der Waals surface area contributed by atoms with Crippen molar-refractivity contribution in [3.63, 3.8) is 0 Å². The van der Waals surface area contributed by atoms with E-state index in [1.165, 1.54) is 38.5 Å². The molecule has 3 aromatic rings. The van der Waals surface area contributed by atoms with Crippen molar-refractivity contribution in [3.05, 3.63) is 71.9 Å². The lowest BCUT2D eigenvalue weighted by molar-refractivity contribution is -0.131. The van der Waals surface area contributed by atoms with Gasteiger partial charge in [-0.05, 0) is 109 Å². The molecule has 1 saturated heterocycles. The van der Waals surface area contributed by atoms with Gasteiger partial charge in [-0.25, -0.2) is 0 Å². The number of carbonyl (C=O) groups is 2. The maximum atomic E-state index is 13.1. The number of benzene rings is 2. The van der Waals surface area contributed by atoms with E-state index in [0.717, 1.165) is 46.8 Å². The summed E-state index contributed by atoms with van der Waals surface area (Å²) >= 11 is 0. The number of aromatic hydroxyl groups is 1. The van der Waals surface area contributed by atoms with Crippen molar-refractivity contribution in [2.45, 2.75) is 51.4 Å². The molecule has 0 radical (unpaired) electrons. The standard InChI is InChI=1S/C35H41N5O3/c41-29-6-3-5-28(19-29)30-7-2-1-4-27(30)8-11-33(42)40-14-12-39(13-15-40)32-10-9-31(37-38-32)34(43)36-23-35-20-24-16-25(21-35)18-26(17-24)22-35/h1-7,9-10,19,24-26,41H,8,11-18,20-23H2,(H,36,43). The van der Waals surface area contributed by atoms with Crippen molar-refractivity contribution < 1.29 is 14.7 Å². The second kappa shape index (κ2) is 11.6. The van der Waals surface area contributed by atoms with Crippen molar-refractivity contribution in [3.8, 4) is 16.9 Å². The molecule has 2 amide bonds. The smallest absolute Gasteiger partial charge is 0.271 e. The van der Waals surface area contributed by atoms with Crippen LogP contribution in [0.2, 0.25) is 0 Å². The van der Waals surface area contributed by atoms with Crippen molar-refractivity contribution in [1.29, 1.82) is 0 Å². The second-order valence-electron chi connectivity index (χ2n) is 13.5. The van der Waals surface area contributed by atoms with Crippen LogP contribution in [0, 0.1) is 23.2 Å². The molecule has 1 aliphatic heterocycles. The Morgan fingerprint density at radius 3 is 2.26 bits per heavy atom. The number of phenolic OH excluding ortho intramolecular Hbond substituents is 1. The van der Waals surface area contributed by atoms with Gasteiger partial charge in [0.25, 0.3) is 5.91 Å². The largest absolute Gasteiger partial charge is 0.508 e. The van der Waals surface area contributed by atoms with Gasteiger partial charge in [0, 0.05) is 39.1 Å². The molecule has 43 heavy (non-hydrogen) atoms. The van der Waals surface area contributed by atoms with Crippen molar-refractivity contribution in [1.82, 2.24) is 20.4 Å². The Morgan fingerprint density at radius 1 is 0.860 bits per heavy atom. The molecule has 2 N–H and O–H groups in total. The Hall–Kier alpha value is -3.94. The summed E-state index contributed by atoms with van der Waals surface area (Å²) in [6, 6.07) is 18.9. The summed E-state index contributed by atoms with van der Waals surface area (Å²) in [5.41, 5.74) is 3.75. The number of phenols is 1. The van der Waals surface area contributed by atoms with Crippen LogP contribution in [0.3, 0.4) is 0 Å². The minimum absolute atomic E-state index is 0.129. The van der Waals surface area contributed by atoms with Gasteiger partial charge >= 0.3 is 0 Å². The third-order valence-electron chi connectivity index (χ3n) is 10.4. The fourth-order valence-corrected chi connectivity index (χ4v) is 8.76. The van der Waals surface area contributed by atoms with E-state index in [9.17, 15) is 14.7 Å². The van der Waals surface area contributed by atoms with E-state index in [-0.39, 0.29) is 17.6 Å². The van der Waals surface area contributed by atoms with Gasteiger partial charge in [-0.1, -0.05) is 36.4 Å². The third kappa shape index (κ3) is 5.97. The molecule has 2 heterocycles. The molecule has 224 valence electrons. The summed E-state index contributed by atoms with van der Waals surface area (Å²) in [7, 11) is 0. The van der Waals surface area contributed by atoms with E-state index in [1.807, 2.05) is 41.3 Å². The zero-order chi connectivity index (χ0) is 29.4. The summed E-state index contributed by atoms with van der Waals surface area (Å²) in [5, 5.41) is 21.8. The second-order valence-corrected chi connectivity index (χ2v) is 13.5. The first kappa shape index (κ1) is 27.9. The molecule has 8 heteroatoms. The number of hydrogen-bond donors (Lipinski definition) is 2. The molecular weight excluding hydrogens is 538 g/mol. The lowest BCUT2D eigenvalue weighted by Crippen LogP contribution is -2.51. The zero-order valence-corrected chi connectivity index (χ0v) is 24.8. The van der Waals surface area contributed by atoms with Crippen LogP contribution in [0.15, 0.2) is 60.7 Å². The van der Waals surface area contributed by atoms with Gasteiger partial charge in [0.2, 0.25) is 5.91 Å². The van der Waals surface area contributed by atoms with Crippen LogP contribution in [0.25, 0.3) is 11.1 Å². The Bertz CT molecular complexity index is 1450. The number of rotatable bonds is 8. The average Bonchev–Trinajstić information content (AvgIpc) is 3.02. The monoisotopic (exact) mass is 579 g/mol. The lowest BCUT2D eigenvalue weighted by atomic mass is 9.49. The predicted octanol–water partition coefficient (Wildman–Crippen LogP) is 5.08. The SMILES string of the molecule is O=C(NCC12CC3CC(CC(C3)C1)C2)c1ccc(N2CCN(C(=O)CCc3ccccc3-c3cccc(O)c3)CC2)nn1. The van der Waals surface area contributed by atoms with Crippen LogP contribution >= 0.6 is 0 Å². The molecule has 4 saturated carbocycles. The van der Waals surface area contributed by atoms with Crippen molar-refractivity contribution in [2.75, 3.05) is 37.6 Å². The highest BCUT2D eigenvalue weighted by Crippen LogP contribution is 2.59. The number of carbonyl (C=O) groups excluding carboxylic acids is 2. The number of hydrogen-bond acceptors (Lipinski definition) is 6. The molecule has 2 aromatic carbocycles. The maximum absolute atomic E-state index is 13.1. The van der Waals surface area contributed by atoms with E-state index in [0.29, 0.717) is 50.1 Å². The van der Waals surface area contributed by atoms with Gasteiger partial charge in [-0.2, -0.15) is 0 Å². The predicted molar refractivity (Wildman–Crippen MR) is 166 cm³/mol. The average molecular weight is 580 g/mol. The topological polar surface area (TPSA) is 98.7 Å². The molecule has 0 unspecified atom stereocenters. The van der Waals surface area contributed by atoms with E-state index in [2.05, 4.69) is 26.5 Å². The summed E-state index contributed by atoms with van der Waals surface area (Å²) in [6.07, 6.45) is 9.08. The maximum Gasteiger partial charge on any atom is 0.271 e. The van der Waals surface area contributed by atoms with Crippen LogP contribution in [-0.2, 0) is 11.2 Å². The zero-order valence-electron chi connectivity index (χ0n) is 24.8. The Kier molecular flexibility index (Phi) is 7.53. The van der Waals surface area contributed by atoms with Gasteiger partial charge in [0.05, 0.1) is 0 Å². The molecule has 0 atom stereocenters. The number of nitrogens with one attached hydrogen (secondary N) is 1. The number of nitrogens with zero attached hydrogens (tertiary/aromatic N) is 4. The summed E-state index contributed by atoms with van der Waals surface area (Å²) in [6.45, 7) is 3.37. The van der Waals surface area contributed by atoms with Gasteiger partial charge in [-0.15, -0.1) is 10.2 Å². The number of aryl methyl sites for hydroxylation is 1. The number of aromatic nitrogens is 2. The first-order valence-electron chi connectivity index (χ1n) is 15.9. The van der Waals surface area contributed by atoms with E-state index >= 15 is 0 Å². The van der Waals surface area contributed by atoms with Gasteiger partial charge in [0.15, 0.2) is 11.5 Å². The molecule has 8 rings (SSSR count). The first-order chi connectivity index (χ1) is 20.9. The Labute approximate surface area is 253 Å². The van der Waals surface area contributed by atoms with E-state index in [4.69, 9.17) is 0 Å². The van der Waals surface area contributed by atoms with E-state index < -0.39 is 0 Å². The summed E-state index contributed by atoms with van der Waals surface area (Å²) < 4.78 is 0. The lowest BCUT2D eigenvalue weighted by Gasteiger charge is -2.56. The number of piperazine rings is 1. The molecule has 5 fully saturated rings. The highest BCUT2D eigenvalue weighted by molar-refractivity contribution is 5.92. The van der Waals surface area contributed by atoms with Gasteiger partial charge in [0.1, 0.15) is 5.75 Å². The van der Waals surface area contributed by atoms with Gasteiger partial charge in [-0.3, -0.25) is 9.59 Å². The molecule has 4 bridgehead atoms. The third-order valence-corrected chi connectivity index (χ3v) is 10.4. The molecule has 5 aliphatic rings. The van der Waals surface area contributed by atoms with Crippen LogP contribution in [-0.4, -0.2) is 64.7 Å². The fraction of sp³-hybridized carbons (Fsp3) is 0.486. The molecular formula is C35H41N5O3. The summed E-state index contributed by atoms with van der Waals surface area (Å²) in [4.78, 5) is 30.1. The normalized spacial score (nSPS) is 26.0. The van der Waals surface area contributed by atoms with Crippen molar-refractivity contribution >= 4 is 17.6 Å². The fourth-order valence-electron chi connectivity index (χ4n) is 8.76.